The normalized spacial score (nSPS) is 17.2. The van der Waals surface area contributed by atoms with Gasteiger partial charge in [0.2, 0.25) is 10.0 Å². The molecule has 0 amide bonds. The highest BCUT2D eigenvalue weighted by atomic mass is 32.2. The van der Waals surface area contributed by atoms with Gasteiger partial charge in [-0.05, 0) is 54.7 Å². The maximum atomic E-state index is 13.7. The summed E-state index contributed by atoms with van der Waals surface area (Å²) in [6, 6.07) is 13.3. The van der Waals surface area contributed by atoms with Crippen LogP contribution in [0.5, 0.6) is 0 Å². The van der Waals surface area contributed by atoms with Crippen LogP contribution in [0.1, 0.15) is 30.9 Å². The first-order valence-corrected chi connectivity index (χ1v) is 10.4. The predicted molar refractivity (Wildman–Crippen MR) is 99.1 cm³/mol. The molecule has 6 heteroatoms. The van der Waals surface area contributed by atoms with Crippen molar-refractivity contribution in [3.8, 4) is 0 Å². The zero-order valence-corrected chi connectivity index (χ0v) is 15.7. The van der Waals surface area contributed by atoms with Crippen LogP contribution in [0, 0.1) is 5.82 Å². The van der Waals surface area contributed by atoms with Crippen LogP contribution in [0.15, 0.2) is 53.4 Å². The van der Waals surface area contributed by atoms with Crippen molar-refractivity contribution >= 4 is 10.0 Å². The minimum absolute atomic E-state index is 0.220. The molecule has 2 aromatic rings. The minimum atomic E-state index is -3.63. The van der Waals surface area contributed by atoms with Gasteiger partial charge in [0.1, 0.15) is 5.82 Å². The van der Waals surface area contributed by atoms with Gasteiger partial charge in [0.05, 0.1) is 4.90 Å². The predicted octanol–water partition coefficient (Wildman–Crippen LogP) is 3.41. The number of nitrogens with one attached hydrogen (secondary N) is 1. The molecular formula is C20H24FNO3S. The summed E-state index contributed by atoms with van der Waals surface area (Å²) in [4.78, 5) is 0.246. The topological polar surface area (TPSA) is 55.4 Å². The Morgan fingerprint density at radius 1 is 1.12 bits per heavy atom. The summed E-state index contributed by atoms with van der Waals surface area (Å²) in [6.07, 6.45) is 2.15. The van der Waals surface area contributed by atoms with Gasteiger partial charge in [-0.25, -0.2) is 17.5 Å². The molecule has 140 valence electrons. The van der Waals surface area contributed by atoms with E-state index in [-0.39, 0.29) is 17.3 Å². The molecule has 1 aliphatic heterocycles. The lowest BCUT2D eigenvalue weighted by Gasteiger charge is -2.37. The van der Waals surface area contributed by atoms with Crippen LogP contribution in [0.2, 0.25) is 0 Å². The first-order valence-electron chi connectivity index (χ1n) is 8.88. The van der Waals surface area contributed by atoms with Gasteiger partial charge < -0.3 is 4.74 Å². The molecule has 26 heavy (non-hydrogen) atoms. The number of halogens is 1. The van der Waals surface area contributed by atoms with E-state index in [0.717, 1.165) is 17.5 Å². The van der Waals surface area contributed by atoms with E-state index in [9.17, 15) is 12.8 Å². The van der Waals surface area contributed by atoms with E-state index >= 15 is 0 Å². The van der Waals surface area contributed by atoms with Crippen molar-refractivity contribution in [2.75, 3.05) is 19.8 Å². The van der Waals surface area contributed by atoms with Crippen LogP contribution >= 0.6 is 0 Å². The van der Waals surface area contributed by atoms with Crippen molar-refractivity contribution in [2.45, 2.75) is 36.5 Å². The third kappa shape index (κ3) is 4.14. The van der Waals surface area contributed by atoms with Gasteiger partial charge in [0.15, 0.2) is 0 Å². The number of ether oxygens (including phenoxy) is 1. The smallest absolute Gasteiger partial charge is 0.240 e. The average molecular weight is 377 g/mol. The molecule has 0 bridgehead atoms. The highest BCUT2D eigenvalue weighted by Crippen LogP contribution is 2.35. The molecule has 4 nitrogen and oxygen atoms in total. The summed E-state index contributed by atoms with van der Waals surface area (Å²) in [5.74, 6) is -0.314. The fraction of sp³-hybridized carbons (Fsp3) is 0.400. The number of sulfonamides is 1. The Labute approximate surface area is 154 Å². The molecule has 0 saturated carbocycles. The number of benzene rings is 2. The van der Waals surface area contributed by atoms with Gasteiger partial charge in [0.25, 0.3) is 0 Å². The van der Waals surface area contributed by atoms with E-state index in [4.69, 9.17) is 4.74 Å². The number of rotatable bonds is 6. The van der Waals surface area contributed by atoms with Crippen LogP contribution in [0.25, 0.3) is 0 Å². The molecule has 0 spiro atoms. The molecule has 1 fully saturated rings. The summed E-state index contributed by atoms with van der Waals surface area (Å²) in [5.41, 5.74) is 1.44. The van der Waals surface area contributed by atoms with Crippen LogP contribution in [0.4, 0.5) is 4.39 Å². The lowest BCUT2D eigenvalue weighted by atomic mass is 9.74. The first-order chi connectivity index (χ1) is 12.5. The van der Waals surface area contributed by atoms with Crippen LogP contribution < -0.4 is 4.72 Å². The zero-order valence-electron chi connectivity index (χ0n) is 14.9. The van der Waals surface area contributed by atoms with Gasteiger partial charge in [-0.3, -0.25) is 0 Å². The summed E-state index contributed by atoms with van der Waals surface area (Å²) >= 11 is 0. The van der Waals surface area contributed by atoms with E-state index in [1.807, 2.05) is 25.1 Å². The third-order valence-electron chi connectivity index (χ3n) is 5.13. The highest BCUT2D eigenvalue weighted by Gasteiger charge is 2.36. The second-order valence-corrected chi connectivity index (χ2v) is 8.49. The molecular weight excluding hydrogens is 353 g/mol. The Hall–Kier alpha value is -1.76. The van der Waals surface area contributed by atoms with Crippen molar-refractivity contribution in [3.05, 3.63) is 65.5 Å². The fourth-order valence-corrected chi connectivity index (χ4v) is 4.50. The molecule has 0 radical (unpaired) electrons. The largest absolute Gasteiger partial charge is 0.381 e. The number of aryl methyl sites for hydroxylation is 1. The molecule has 0 atom stereocenters. The van der Waals surface area contributed by atoms with Gasteiger partial charge in [-0.15, -0.1) is 0 Å². The second-order valence-electron chi connectivity index (χ2n) is 6.73. The third-order valence-corrected chi connectivity index (χ3v) is 6.55. The zero-order chi connectivity index (χ0) is 18.6. The van der Waals surface area contributed by atoms with Crippen molar-refractivity contribution in [1.29, 1.82) is 0 Å². The summed E-state index contributed by atoms with van der Waals surface area (Å²) in [6.45, 7) is 3.31. The molecule has 3 rings (SSSR count). The molecule has 0 unspecified atom stereocenters. The standard InChI is InChI=1S/C20H24FNO3S/c1-2-16-6-8-19(9-7-16)26(23,24)22-15-20(10-12-25-13-11-20)17-4-3-5-18(21)14-17/h3-9,14,22H,2,10-13,15H2,1H3. The Bertz CT molecular complexity index is 844. The van der Waals surface area contributed by atoms with E-state index in [0.29, 0.717) is 26.1 Å². The average Bonchev–Trinajstić information content (AvgIpc) is 2.67. The summed E-state index contributed by atoms with van der Waals surface area (Å²) in [5, 5.41) is 0. The van der Waals surface area contributed by atoms with Crippen LogP contribution in [-0.4, -0.2) is 28.2 Å². The maximum Gasteiger partial charge on any atom is 0.240 e. The van der Waals surface area contributed by atoms with E-state index in [1.54, 1.807) is 18.2 Å². The SMILES string of the molecule is CCc1ccc(S(=O)(=O)NCC2(c3cccc(F)c3)CCOCC2)cc1. The Morgan fingerprint density at radius 2 is 1.81 bits per heavy atom. The van der Waals surface area contributed by atoms with Crippen LogP contribution in [-0.2, 0) is 26.6 Å². The molecule has 0 aliphatic carbocycles. The molecule has 0 aromatic heterocycles. The van der Waals surface area contributed by atoms with Crippen molar-refractivity contribution in [1.82, 2.24) is 4.72 Å². The van der Waals surface area contributed by atoms with Gasteiger partial charge in [0, 0.05) is 25.2 Å². The monoisotopic (exact) mass is 377 g/mol. The maximum absolute atomic E-state index is 13.7. The Morgan fingerprint density at radius 3 is 2.42 bits per heavy atom. The molecule has 1 saturated heterocycles. The van der Waals surface area contributed by atoms with E-state index in [2.05, 4.69) is 4.72 Å². The second kappa shape index (κ2) is 7.86. The van der Waals surface area contributed by atoms with Gasteiger partial charge in [-0.2, -0.15) is 0 Å². The summed E-state index contributed by atoms with van der Waals surface area (Å²) < 4.78 is 47.3. The van der Waals surface area contributed by atoms with Gasteiger partial charge >= 0.3 is 0 Å². The van der Waals surface area contributed by atoms with E-state index < -0.39 is 15.4 Å². The molecule has 2 aromatic carbocycles. The fourth-order valence-electron chi connectivity index (χ4n) is 3.37. The lowest BCUT2D eigenvalue weighted by Crippen LogP contribution is -2.44. The lowest BCUT2D eigenvalue weighted by molar-refractivity contribution is 0.0516. The molecule has 1 N–H and O–H groups in total. The molecule has 1 aliphatic rings. The van der Waals surface area contributed by atoms with Crippen molar-refractivity contribution < 1.29 is 17.5 Å². The summed E-state index contributed by atoms with van der Waals surface area (Å²) in [7, 11) is -3.63. The number of hydrogen-bond acceptors (Lipinski definition) is 3. The first kappa shape index (κ1) is 19.0. The van der Waals surface area contributed by atoms with Crippen molar-refractivity contribution in [3.63, 3.8) is 0 Å². The van der Waals surface area contributed by atoms with Gasteiger partial charge in [-0.1, -0.05) is 31.2 Å². The molecule has 1 heterocycles. The van der Waals surface area contributed by atoms with Crippen LogP contribution in [0.3, 0.4) is 0 Å². The van der Waals surface area contributed by atoms with E-state index in [1.165, 1.54) is 12.1 Å². The Balaban J connectivity index is 1.83. The van der Waals surface area contributed by atoms with Crippen molar-refractivity contribution in [2.24, 2.45) is 0 Å². The Kier molecular flexibility index (Phi) is 5.75. The number of hydrogen-bond donors (Lipinski definition) is 1. The highest BCUT2D eigenvalue weighted by molar-refractivity contribution is 7.89. The minimum Gasteiger partial charge on any atom is -0.381 e. The quantitative estimate of drug-likeness (QED) is 0.839.